The molecule has 0 bridgehead atoms. The van der Waals surface area contributed by atoms with Crippen LogP contribution in [0, 0.1) is 5.41 Å². The van der Waals surface area contributed by atoms with E-state index in [1.165, 1.54) is 0 Å². The minimum atomic E-state index is -0.435. The maximum atomic E-state index is 13.3. The molecule has 3 N–H and O–H groups in total. The molecule has 2 atom stereocenters. The molecule has 0 radical (unpaired) electrons. The monoisotopic (exact) mass is 371 g/mol. The summed E-state index contributed by atoms with van der Waals surface area (Å²) in [5.74, 6) is -0.149. The van der Waals surface area contributed by atoms with Gasteiger partial charge in [-0.3, -0.25) is 14.7 Å². The molecule has 27 heavy (non-hydrogen) atoms. The molecule has 6 heteroatoms. The van der Waals surface area contributed by atoms with Gasteiger partial charge in [0.05, 0.1) is 12.3 Å². The van der Waals surface area contributed by atoms with Crippen molar-refractivity contribution in [3.63, 3.8) is 0 Å². The van der Waals surface area contributed by atoms with Crippen LogP contribution in [0.5, 0.6) is 0 Å². The van der Waals surface area contributed by atoms with Crippen LogP contribution in [-0.2, 0) is 9.53 Å². The van der Waals surface area contributed by atoms with E-state index >= 15 is 0 Å². The Bertz CT molecular complexity index is 750. The number of aliphatic imine (C=N–C) groups is 1. The van der Waals surface area contributed by atoms with E-state index in [0.717, 1.165) is 18.4 Å². The number of rotatable bonds is 6. The Hall–Kier alpha value is -2.18. The number of aliphatic hydroxyl groups excluding tert-OH is 1. The van der Waals surface area contributed by atoms with Crippen molar-refractivity contribution in [2.75, 3.05) is 19.7 Å². The van der Waals surface area contributed by atoms with Crippen molar-refractivity contribution in [2.45, 2.75) is 45.9 Å². The largest absolute Gasteiger partial charge is 0.509 e. The zero-order valence-corrected chi connectivity index (χ0v) is 16.3. The second-order valence-corrected chi connectivity index (χ2v) is 8.13. The highest BCUT2D eigenvalue weighted by atomic mass is 16.5. The molecule has 2 heterocycles. The molecule has 0 aliphatic carbocycles. The number of unbranched alkanes of at least 4 members (excludes halogenated alkanes) is 1. The number of carbonyl (C=O) groups excluding carboxylic acids is 1. The summed E-state index contributed by atoms with van der Waals surface area (Å²) in [5.41, 5.74) is 7.01. The van der Waals surface area contributed by atoms with Gasteiger partial charge in [0.15, 0.2) is 0 Å². The summed E-state index contributed by atoms with van der Waals surface area (Å²) in [5, 5.41) is 10.9. The highest BCUT2D eigenvalue weighted by molar-refractivity contribution is 6.29. The Morgan fingerprint density at radius 2 is 2.00 bits per heavy atom. The van der Waals surface area contributed by atoms with Crippen LogP contribution < -0.4 is 5.73 Å². The van der Waals surface area contributed by atoms with Crippen LogP contribution in [0.15, 0.2) is 46.7 Å². The highest BCUT2D eigenvalue weighted by Gasteiger charge is 2.52. The third kappa shape index (κ3) is 3.77. The number of nitrogens with two attached hydrogens (primary N) is 1. The first-order chi connectivity index (χ1) is 12.9. The predicted molar refractivity (Wildman–Crippen MR) is 106 cm³/mol. The normalized spacial score (nSPS) is 23.3. The lowest BCUT2D eigenvalue weighted by Gasteiger charge is -2.33. The van der Waals surface area contributed by atoms with Crippen molar-refractivity contribution in [3.8, 4) is 0 Å². The van der Waals surface area contributed by atoms with Gasteiger partial charge in [-0.2, -0.15) is 0 Å². The van der Waals surface area contributed by atoms with Crippen LogP contribution in [0.25, 0.3) is 0 Å². The highest BCUT2D eigenvalue weighted by Crippen LogP contribution is 2.39. The number of hydrogen-bond donors (Lipinski definition) is 2. The number of fused-ring (bicyclic) bond motifs is 1. The van der Waals surface area contributed by atoms with Crippen LogP contribution >= 0.6 is 0 Å². The maximum absolute atomic E-state index is 13.3. The van der Waals surface area contributed by atoms with Crippen molar-refractivity contribution in [2.24, 2.45) is 16.1 Å². The summed E-state index contributed by atoms with van der Waals surface area (Å²) in [6, 6.07) is 9.12. The SMILES string of the molecule is CC(C)(C)[C@H]1OC[C@@H]2C(O)=C(C(=NCCCCN)c3ccccc3)C(=O)N21. The fourth-order valence-corrected chi connectivity index (χ4v) is 3.62. The molecule has 1 fully saturated rings. The first kappa shape index (κ1) is 19.6. The predicted octanol–water partition coefficient (Wildman–Crippen LogP) is 2.64. The summed E-state index contributed by atoms with van der Waals surface area (Å²) in [4.78, 5) is 19.6. The van der Waals surface area contributed by atoms with Gasteiger partial charge in [0, 0.05) is 17.5 Å². The van der Waals surface area contributed by atoms with Crippen LogP contribution in [0.3, 0.4) is 0 Å². The molecule has 0 spiro atoms. The van der Waals surface area contributed by atoms with E-state index < -0.39 is 6.04 Å². The van der Waals surface area contributed by atoms with E-state index in [1.807, 2.05) is 51.1 Å². The molecular formula is C21H29N3O3. The van der Waals surface area contributed by atoms with E-state index in [2.05, 4.69) is 4.99 Å². The molecule has 1 amide bonds. The molecule has 1 aromatic rings. The second kappa shape index (κ2) is 7.82. The quantitative estimate of drug-likeness (QED) is 0.594. The molecule has 146 valence electrons. The van der Waals surface area contributed by atoms with E-state index in [0.29, 0.717) is 31.0 Å². The lowest BCUT2D eigenvalue weighted by molar-refractivity contribution is -0.137. The van der Waals surface area contributed by atoms with E-state index in [1.54, 1.807) is 4.90 Å². The average Bonchev–Trinajstić information content (AvgIpc) is 3.18. The van der Waals surface area contributed by atoms with Gasteiger partial charge in [0.25, 0.3) is 5.91 Å². The minimum absolute atomic E-state index is 0.0631. The van der Waals surface area contributed by atoms with Crippen molar-refractivity contribution < 1.29 is 14.6 Å². The summed E-state index contributed by atoms with van der Waals surface area (Å²) >= 11 is 0. The number of aliphatic hydroxyl groups is 1. The summed E-state index contributed by atoms with van der Waals surface area (Å²) in [6.07, 6.45) is 1.35. The fourth-order valence-electron chi connectivity index (χ4n) is 3.62. The maximum Gasteiger partial charge on any atom is 0.262 e. The smallest absolute Gasteiger partial charge is 0.262 e. The number of ether oxygens (including phenoxy) is 1. The Morgan fingerprint density at radius 1 is 1.30 bits per heavy atom. The number of carbonyl (C=O) groups is 1. The Morgan fingerprint density at radius 3 is 2.63 bits per heavy atom. The van der Waals surface area contributed by atoms with Gasteiger partial charge < -0.3 is 15.6 Å². The van der Waals surface area contributed by atoms with E-state index in [-0.39, 0.29) is 23.3 Å². The van der Waals surface area contributed by atoms with Gasteiger partial charge in [0.1, 0.15) is 23.6 Å². The van der Waals surface area contributed by atoms with Gasteiger partial charge >= 0.3 is 0 Å². The lowest BCUT2D eigenvalue weighted by atomic mass is 9.93. The molecule has 0 saturated carbocycles. The van der Waals surface area contributed by atoms with Crippen molar-refractivity contribution >= 4 is 11.6 Å². The lowest BCUT2D eigenvalue weighted by Crippen LogP contribution is -2.45. The Balaban J connectivity index is 1.97. The van der Waals surface area contributed by atoms with Crippen molar-refractivity contribution in [1.29, 1.82) is 0 Å². The standard InChI is InChI=1S/C21H29N3O3/c1-21(2,3)20-24-15(13-27-20)18(25)16(19(24)26)17(23-12-8-7-11-22)14-9-5-4-6-10-14/h4-6,9-10,15,20,25H,7-8,11-13,22H2,1-3H3/t15-,20-/m1/s1. The van der Waals surface area contributed by atoms with Gasteiger partial charge in [-0.05, 0) is 19.4 Å². The third-order valence-electron chi connectivity index (χ3n) is 4.93. The molecule has 0 unspecified atom stereocenters. The zero-order chi connectivity index (χ0) is 19.6. The zero-order valence-electron chi connectivity index (χ0n) is 16.3. The van der Waals surface area contributed by atoms with Gasteiger partial charge in [-0.25, -0.2) is 0 Å². The van der Waals surface area contributed by atoms with Gasteiger partial charge in [-0.15, -0.1) is 0 Å². The molecule has 3 rings (SSSR count). The Labute approximate surface area is 160 Å². The molecule has 2 aliphatic rings. The number of amides is 1. The van der Waals surface area contributed by atoms with E-state index in [4.69, 9.17) is 10.5 Å². The summed E-state index contributed by atoms with van der Waals surface area (Å²) < 4.78 is 5.83. The van der Waals surface area contributed by atoms with Crippen molar-refractivity contribution in [3.05, 3.63) is 47.2 Å². The molecular weight excluding hydrogens is 342 g/mol. The van der Waals surface area contributed by atoms with Gasteiger partial charge in [-0.1, -0.05) is 51.1 Å². The van der Waals surface area contributed by atoms with Crippen LogP contribution in [0.1, 0.15) is 39.2 Å². The minimum Gasteiger partial charge on any atom is -0.509 e. The third-order valence-corrected chi connectivity index (χ3v) is 4.93. The van der Waals surface area contributed by atoms with Crippen LogP contribution in [0.2, 0.25) is 0 Å². The summed E-state index contributed by atoms with van der Waals surface area (Å²) in [7, 11) is 0. The molecule has 1 aromatic carbocycles. The fraction of sp³-hybridized carbons (Fsp3) is 0.524. The summed E-state index contributed by atoms with van der Waals surface area (Å²) in [6.45, 7) is 7.57. The van der Waals surface area contributed by atoms with Crippen LogP contribution in [0.4, 0.5) is 0 Å². The second-order valence-electron chi connectivity index (χ2n) is 8.13. The first-order valence-electron chi connectivity index (χ1n) is 9.54. The number of nitrogens with zero attached hydrogens (tertiary/aromatic N) is 2. The first-order valence-corrected chi connectivity index (χ1v) is 9.54. The Kier molecular flexibility index (Phi) is 5.67. The van der Waals surface area contributed by atoms with E-state index in [9.17, 15) is 9.90 Å². The molecule has 1 saturated heterocycles. The topological polar surface area (TPSA) is 88.1 Å². The molecule has 2 aliphatic heterocycles. The number of benzene rings is 1. The molecule has 0 aromatic heterocycles. The van der Waals surface area contributed by atoms with Gasteiger partial charge in [0.2, 0.25) is 0 Å². The average molecular weight is 371 g/mol. The molecule has 6 nitrogen and oxygen atoms in total. The van der Waals surface area contributed by atoms with Crippen molar-refractivity contribution in [1.82, 2.24) is 4.90 Å². The number of hydrogen-bond acceptors (Lipinski definition) is 5. The van der Waals surface area contributed by atoms with Crippen LogP contribution in [-0.4, -0.2) is 53.6 Å².